The second-order valence-electron chi connectivity index (χ2n) is 8.56. The Morgan fingerprint density at radius 2 is 1.94 bits per heavy atom. The Hall–Kier alpha value is -4.18. The van der Waals surface area contributed by atoms with Crippen LogP contribution in [0.15, 0.2) is 55.0 Å². The second-order valence-corrected chi connectivity index (χ2v) is 8.56. The number of aromatic amines is 1. The third kappa shape index (κ3) is 4.35. The molecule has 5 heterocycles. The van der Waals surface area contributed by atoms with E-state index in [1.807, 2.05) is 42.1 Å². The SMILES string of the molecule is Cc1cccc(-c2[nH]c(CNc3ccccc3N3CCOCC3)nc2N2C=Cc3ncnn3C2)n1. The molecule has 0 radical (unpaired) electrons. The molecule has 10 heteroatoms. The Morgan fingerprint density at radius 3 is 2.83 bits per heavy atom. The molecule has 35 heavy (non-hydrogen) atoms. The third-order valence-electron chi connectivity index (χ3n) is 6.19. The number of aryl methyl sites for hydroxylation is 1. The smallest absolute Gasteiger partial charge is 0.162 e. The highest BCUT2D eigenvalue weighted by atomic mass is 16.5. The third-order valence-corrected chi connectivity index (χ3v) is 6.19. The van der Waals surface area contributed by atoms with E-state index in [1.165, 1.54) is 5.69 Å². The molecule has 178 valence electrons. The van der Waals surface area contributed by atoms with Gasteiger partial charge < -0.3 is 24.8 Å². The number of anilines is 3. The average Bonchev–Trinajstić information content (AvgIpc) is 3.55. The summed E-state index contributed by atoms with van der Waals surface area (Å²) < 4.78 is 7.37. The van der Waals surface area contributed by atoms with Gasteiger partial charge in [0, 0.05) is 25.0 Å². The zero-order valence-electron chi connectivity index (χ0n) is 19.6. The number of nitrogens with zero attached hydrogens (tertiary/aromatic N) is 7. The van der Waals surface area contributed by atoms with E-state index in [0.29, 0.717) is 13.2 Å². The number of hydrogen-bond donors (Lipinski definition) is 2. The van der Waals surface area contributed by atoms with Gasteiger partial charge in [-0.2, -0.15) is 5.10 Å². The largest absolute Gasteiger partial charge is 0.378 e. The standard InChI is InChI=1S/C25H27N9O/c1-18-5-4-7-20(29-18)24-25(33-10-9-23-27-16-28-34(23)17-33)31-22(30-24)15-26-19-6-2-3-8-21(19)32-11-13-35-14-12-32/h2-10,16,26H,11-15,17H2,1H3,(H,30,31). The fraction of sp³-hybridized carbons (Fsp3) is 0.280. The number of fused-ring (bicyclic) bond motifs is 1. The van der Waals surface area contributed by atoms with Gasteiger partial charge in [-0.25, -0.2) is 14.6 Å². The van der Waals surface area contributed by atoms with Crippen molar-refractivity contribution in [2.75, 3.05) is 41.4 Å². The lowest BCUT2D eigenvalue weighted by atomic mass is 10.2. The minimum atomic E-state index is 0.530. The molecule has 4 aromatic rings. The summed E-state index contributed by atoms with van der Waals surface area (Å²) in [6.07, 6.45) is 5.50. The number of pyridine rings is 1. The maximum absolute atomic E-state index is 5.53. The van der Waals surface area contributed by atoms with Crippen molar-refractivity contribution in [1.29, 1.82) is 0 Å². The summed E-state index contributed by atoms with van der Waals surface area (Å²) in [6, 6.07) is 14.4. The van der Waals surface area contributed by atoms with Gasteiger partial charge in [0.2, 0.25) is 0 Å². The zero-order valence-corrected chi connectivity index (χ0v) is 19.6. The Bertz CT molecular complexity index is 1350. The molecule has 2 N–H and O–H groups in total. The van der Waals surface area contributed by atoms with Crippen LogP contribution < -0.4 is 15.1 Å². The minimum Gasteiger partial charge on any atom is -0.378 e. The van der Waals surface area contributed by atoms with Gasteiger partial charge in [-0.15, -0.1) is 0 Å². The van der Waals surface area contributed by atoms with Gasteiger partial charge in [0.05, 0.1) is 36.8 Å². The number of rotatable bonds is 6. The first-order valence-corrected chi connectivity index (χ1v) is 11.8. The number of aromatic nitrogens is 6. The van der Waals surface area contributed by atoms with Crippen molar-refractivity contribution >= 4 is 23.3 Å². The zero-order chi connectivity index (χ0) is 23.6. The molecule has 3 aromatic heterocycles. The molecular formula is C25H27N9O. The number of H-pyrrole nitrogens is 1. The summed E-state index contributed by atoms with van der Waals surface area (Å²) in [5.41, 5.74) is 4.94. The number of hydrogen-bond acceptors (Lipinski definition) is 8. The van der Waals surface area contributed by atoms with Crippen molar-refractivity contribution in [1.82, 2.24) is 29.7 Å². The quantitative estimate of drug-likeness (QED) is 0.444. The fourth-order valence-electron chi connectivity index (χ4n) is 4.44. The van der Waals surface area contributed by atoms with Crippen LogP contribution in [0.3, 0.4) is 0 Å². The monoisotopic (exact) mass is 469 g/mol. The Morgan fingerprint density at radius 1 is 1.06 bits per heavy atom. The number of nitrogens with one attached hydrogen (secondary N) is 2. The van der Waals surface area contributed by atoms with Crippen LogP contribution in [-0.4, -0.2) is 56.0 Å². The van der Waals surface area contributed by atoms with Crippen LogP contribution in [0.4, 0.5) is 17.2 Å². The minimum absolute atomic E-state index is 0.530. The summed E-state index contributed by atoms with van der Waals surface area (Å²) in [4.78, 5) is 21.9. The maximum Gasteiger partial charge on any atom is 0.162 e. The van der Waals surface area contributed by atoms with E-state index in [-0.39, 0.29) is 0 Å². The molecule has 1 saturated heterocycles. The van der Waals surface area contributed by atoms with Gasteiger partial charge in [-0.3, -0.25) is 4.98 Å². The van der Waals surface area contributed by atoms with Crippen molar-refractivity contribution in [2.24, 2.45) is 0 Å². The summed E-state index contributed by atoms with van der Waals surface area (Å²) >= 11 is 0. The van der Waals surface area contributed by atoms with E-state index in [0.717, 1.165) is 66.5 Å². The van der Waals surface area contributed by atoms with Crippen LogP contribution in [0.25, 0.3) is 17.5 Å². The number of morpholine rings is 1. The van der Waals surface area contributed by atoms with Gasteiger partial charge in [-0.05, 0) is 37.3 Å². The van der Waals surface area contributed by atoms with E-state index in [4.69, 9.17) is 14.7 Å². The van der Waals surface area contributed by atoms with Crippen molar-refractivity contribution in [2.45, 2.75) is 20.1 Å². The molecule has 0 spiro atoms. The first kappa shape index (κ1) is 21.4. The van der Waals surface area contributed by atoms with Crippen LogP contribution in [0, 0.1) is 6.92 Å². The van der Waals surface area contributed by atoms with Crippen LogP contribution >= 0.6 is 0 Å². The molecular weight excluding hydrogens is 442 g/mol. The molecule has 1 aromatic carbocycles. The van der Waals surface area contributed by atoms with Crippen LogP contribution in [0.5, 0.6) is 0 Å². The van der Waals surface area contributed by atoms with E-state index in [2.05, 4.69) is 54.4 Å². The maximum atomic E-state index is 5.53. The lowest BCUT2D eigenvalue weighted by Gasteiger charge is -2.30. The van der Waals surface area contributed by atoms with Crippen molar-refractivity contribution in [3.05, 3.63) is 72.3 Å². The van der Waals surface area contributed by atoms with Crippen LogP contribution in [0.1, 0.15) is 17.3 Å². The van der Waals surface area contributed by atoms with Gasteiger partial charge in [0.25, 0.3) is 0 Å². The van der Waals surface area contributed by atoms with Crippen LogP contribution in [-0.2, 0) is 18.0 Å². The summed E-state index contributed by atoms with van der Waals surface area (Å²) in [6.45, 7) is 6.34. The lowest BCUT2D eigenvalue weighted by Crippen LogP contribution is -2.36. The molecule has 6 rings (SSSR count). The van der Waals surface area contributed by atoms with Crippen molar-refractivity contribution in [3.63, 3.8) is 0 Å². The van der Waals surface area contributed by atoms with Gasteiger partial charge in [0.1, 0.15) is 24.5 Å². The second kappa shape index (κ2) is 9.22. The molecule has 2 aliphatic rings. The first-order chi connectivity index (χ1) is 17.2. The predicted octanol–water partition coefficient (Wildman–Crippen LogP) is 3.27. The van der Waals surface area contributed by atoms with E-state index < -0.39 is 0 Å². The molecule has 0 unspecified atom stereocenters. The topological polar surface area (TPSA) is 100 Å². The first-order valence-electron chi connectivity index (χ1n) is 11.8. The molecule has 10 nitrogen and oxygen atoms in total. The Labute approximate surface area is 203 Å². The molecule has 0 saturated carbocycles. The molecule has 2 aliphatic heterocycles. The number of imidazole rings is 1. The molecule has 0 amide bonds. The van der Waals surface area contributed by atoms with Gasteiger partial charge in [0.15, 0.2) is 11.6 Å². The number of ether oxygens (including phenoxy) is 1. The molecule has 1 fully saturated rings. The van der Waals surface area contributed by atoms with Gasteiger partial charge >= 0.3 is 0 Å². The lowest BCUT2D eigenvalue weighted by molar-refractivity contribution is 0.123. The Kier molecular flexibility index (Phi) is 5.63. The van der Waals surface area contributed by atoms with Crippen molar-refractivity contribution in [3.8, 4) is 11.4 Å². The highest BCUT2D eigenvalue weighted by Crippen LogP contribution is 2.31. The van der Waals surface area contributed by atoms with E-state index in [1.54, 1.807) is 6.33 Å². The fourth-order valence-corrected chi connectivity index (χ4v) is 4.44. The number of para-hydroxylation sites is 2. The molecule has 0 atom stereocenters. The number of benzene rings is 1. The highest BCUT2D eigenvalue weighted by Gasteiger charge is 2.22. The van der Waals surface area contributed by atoms with Crippen LogP contribution in [0.2, 0.25) is 0 Å². The van der Waals surface area contributed by atoms with E-state index in [9.17, 15) is 0 Å². The average molecular weight is 470 g/mol. The molecule has 0 aliphatic carbocycles. The van der Waals surface area contributed by atoms with Gasteiger partial charge in [-0.1, -0.05) is 18.2 Å². The van der Waals surface area contributed by atoms with E-state index >= 15 is 0 Å². The summed E-state index contributed by atoms with van der Waals surface area (Å²) in [5.74, 6) is 2.46. The Balaban J connectivity index is 1.29. The normalized spacial score (nSPS) is 15.3. The van der Waals surface area contributed by atoms with Crippen molar-refractivity contribution < 1.29 is 4.74 Å². The summed E-state index contributed by atoms with van der Waals surface area (Å²) in [5, 5.41) is 7.90. The predicted molar refractivity (Wildman–Crippen MR) is 135 cm³/mol. The summed E-state index contributed by atoms with van der Waals surface area (Å²) in [7, 11) is 0. The molecule has 0 bridgehead atoms. The highest BCUT2D eigenvalue weighted by molar-refractivity contribution is 5.73.